The number of carbonyl (C=O) groups excluding carboxylic acids is 1. The molecule has 6 nitrogen and oxygen atoms in total. The monoisotopic (exact) mass is 332 g/mol. The van der Waals surface area contributed by atoms with Crippen LogP contribution in [0.25, 0.3) is 0 Å². The Hall–Kier alpha value is -1.92. The maximum Gasteiger partial charge on any atom is 0.256 e. The molecule has 6 heteroatoms. The standard InChI is InChI=1S/C18H24N2O4/c1-23-7-2-3-8-24-17-10-16-15(9-13(17)12-21)18(22)20-6-4-5-14(20)11-19-16/h9-11,14,21H,2-8,12H2,1H3/t14-/m0/s1. The van der Waals surface area contributed by atoms with Gasteiger partial charge in [-0.25, -0.2) is 0 Å². The van der Waals surface area contributed by atoms with Crippen molar-refractivity contribution in [3.05, 3.63) is 23.3 Å². The van der Waals surface area contributed by atoms with Crippen molar-refractivity contribution in [3.63, 3.8) is 0 Å². The molecule has 1 aromatic carbocycles. The zero-order chi connectivity index (χ0) is 16.9. The molecule has 24 heavy (non-hydrogen) atoms. The number of ether oxygens (including phenoxy) is 2. The van der Waals surface area contributed by atoms with Crippen molar-refractivity contribution < 1.29 is 19.4 Å². The fraction of sp³-hybridized carbons (Fsp3) is 0.556. The first-order valence-electron chi connectivity index (χ1n) is 8.49. The summed E-state index contributed by atoms with van der Waals surface area (Å²) in [5, 5.41) is 9.64. The molecular formula is C18H24N2O4. The fourth-order valence-electron chi connectivity index (χ4n) is 3.20. The lowest BCUT2D eigenvalue weighted by molar-refractivity contribution is 0.0774. The smallest absolute Gasteiger partial charge is 0.256 e. The number of rotatable bonds is 7. The highest BCUT2D eigenvalue weighted by Crippen LogP contribution is 2.34. The van der Waals surface area contributed by atoms with Crippen LogP contribution in [0, 0.1) is 0 Å². The third kappa shape index (κ3) is 3.44. The van der Waals surface area contributed by atoms with Crippen molar-refractivity contribution in [2.24, 2.45) is 4.99 Å². The second kappa shape index (κ2) is 7.77. The van der Waals surface area contributed by atoms with E-state index in [9.17, 15) is 9.90 Å². The molecule has 0 aliphatic carbocycles. The molecule has 2 heterocycles. The number of carbonyl (C=O) groups is 1. The van der Waals surface area contributed by atoms with Gasteiger partial charge in [-0.3, -0.25) is 9.79 Å². The lowest BCUT2D eigenvalue weighted by Gasteiger charge is -2.20. The van der Waals surface area contributed by atoms with Gasteiger partial charge in [0.1, 0.15) is 5.75 Å². The summed E-state index contributed by atoms with van der Waals surface area (Å²) in [7, 11) is 1.68. The zero-order valence-corrected chi connectivity index (χ0v) is 14.0. The van der Waals surface area contributed by atoms with E-state index in [-0.39, 0.29) is 18.6 Å². The minimum atomic E-state index is -0.166. The highest BCUT2D eigenvalue weighted by atomic mass is 16.5. The molecule has 0 bridgehead atoms. The molecule has 1 N–H and O–H groups in total. The molecule has 0 radical (unpaired) electrons. The second-order valence-corrected chi connectivity index (χ2v) is 6.17. The number of aliphatic hydroxyl groups excluding tert-OH is 1. The Balaban J connectivity index is 1.80. The van der Waals surface area contributed by atoms with Crippen molar-refractivity contribution in [1.29, 1.82) is 0 Å². The van der Waals surface area contributed by atoms with Crippen LogP contribution in [0.1, 0.15) is 41.6 Å². The van der Waals surface area contributed by atoms with Crippen LogP contribution < -0.4 is 4.74 Å². The molecule has 1 atom stereocenters. The van der Waals surface area contributed by atoms with E-state index in [4.69, 9.17) is 9.47 Å². The Morgan fingerprint density at radius 2 is 2.17 bits per heavy atom. The van der Waals surface area contributed by atoms with Gasteiger partial charge in [0.25, 0.3) is 5.91 Å². The van der Waals surface area contributed by atoms with Crippen LogP contribution in [0.3, 0.4) is 0 Å². The Bertz CT molecular complexity index is 630. The van der Waals surface area contributed by atoms with Crippen LogP contribution in [0.15, 0.2) is 17.1 Å². The van der Waals surface area contributed by atoms with Gasteiger partial charge in [0.15, 0.2) is 0 Å². The van der Waals surface area contributed by atoms with E-state index < -0.39 is 0 Å². The minimum Gasteiger partial charge on any atom is -0.493 e. The molecular weight excluding hydrogens is 308 g/mol. The van der Waals surface area contributed by atoms with Crippen molar-refractivity contribution in [1.82, 2.24) is 4.90 Å². The number of hydrogen-bond acceptors (Lipinski definition) is 5. The van der Waals surface area contributed by atoms with E-state index in [0.717, 1.165) is 32.2 Å². The molecule has 1 saturated heterocycles. The number of aliphatic imine (C=N–C) groups is 1. The van der Waals surface area contributed by atoms with Crippen LogP contribution in [0.4, 0.5) is 5.69 Å². The number of unbranched alkanes of at least 4 members (excludes halogenated alkanes) is 1. The summed E-state index contributed by atoms with van der Waals surface area (Å²) in [4.78, 5) is 19.1. The van der Waals surface area contributed by atoms with Crippen molar-refractivity contribution >= 4 is 17.8 Å². The highest BCUT2D eigenvalue weighted by Gasteiger charge is 2.32. The van der Waals surface area contributed by atoms with Gasteiger partial charge < -0.3 is 19.5 Å². The number of amides is 1. The van der Waals surface area contributed by atoms with Gasteiger partial charge >= 0.3 is 0 Å². The van der Waals surface area contributed by atoms with Gasteiger partial charge in [0.2, 0.25) is 0 Å². The molecule has 0 aromatic heterocycles. The summed E-state index contributed by atoms with van der Waals surface area (Å²) in [6.45, 7) is 1.85. The molecule has 0 saturated carbocycles. The molecule has 2 aliphatic heterocycles. The number of benzene rings is 1. The van der Waals surface area contributed by atoms with Crippen molar-refractivity contribution in [2.75, 3.05) is 26.9 Å². The van der Waals surface area contributed by atoms with Gasteiger partial charge in [0.05, 0.1) is 30.5 Å². The number of fused-ring (bicyclic) bond motifs is 2. The normalized spacial score (nSPS) is 19.2. The second-order valence-electron chi connectivity index (χ2n) is 6.17. The highest BCUT2D eigenvalue weighted by molar-refractivity contribution is 6.03. The predicted molar refractivity (Wildman–Crippen MR) is 91.2 cm³/mol. The maximum atomic E-state index is 12.7. The third-order valence-corrected chi connectivity index (χ3v) is 4.53. The molecule has 3 rings (SSSR count). The summed E-state index contributed by atoms with van der Waals surface area (Å²) in [5.41, 5.74) is 1.80. The van der Waals surface area contributed by atoms with E-state index in [2.05, 4.69) is 4.99 Å². The average molecular weight is 332 g/mol. The van der Waals surface area contributed by atoms with E-state index in [1.54, 1.807) is 19.2 Å². The van der Waals surface area contributed by atoms with E-state index in [1.807, 2.05) is 11.1 Å². The molecule has 0 spiro atoms. The zero-order valence-electron chi connectivity index (χ0n) is 14.0. The Morgan fingerprint density at radius 1 is 1.33 bits per heavy atom. The lowest BCUT2D eigenvalue weighted by atomic mass is 10.1. The van der Waals surface area contributed by atoms with E-state index in [0.29, 0.717) is 35.8 Å². The van der Waals surface area contributed by atoms with Crippen LogP contribution >= 0.6 is 0 Å². The van der Waals surface area contributed by atoms with Gasteiger partial charge in [-0.1, -0.05) is 0 Å². The Kier molecular flexibility index (Phi) is 5.48. The summed E-state index contributed by atoms with van der Waals surface area (Å²) in [6.07, 6.45) is 5.61. The molecule has 1 fully saturated rings. The number of aliphatic hydroxyl groups is 1. The quantitative estimate of drug-likeness (QED) is 0.778. The summed E-state index contributed by atoms with van der Waals surface area (Å²) in [5.74, 6) is 0.590. The minimum absolute atomic E-state index is 0.00801. The van der Waals surface area contributed by atoms with Crippen LogP contribution in [-0.4, -0.2) is 55.0 Å². The van der Waals surface area contributed by atoms with E-state index >= 15 is 0 Å². The number of hydrogen-bond donors (Lipinski definition) is 1. The van der Waals surface area contributed by atoms with Crippen LogP contribution in [0.5, 0.6) is 5.75 Å². The lowest BCUT2D eigenvalue weighted by Crippen LogP contribution is -2.35. The Labute approximate surface area is 142 Å². The fourth-order valence-corrected chi connectivity index (χ4v) is 3.20. The first kappa shape index (κ1) is 16.9. The first-order chi connectivity index (χ1) is 11.7. The van der Waals surface area contributed by atoms with Gasteiger partial charge in [-0.05, 0) is 31.7 Å². The molecule has 1 amide bonds. The third-order valence-electron chi connectivity index (χ3n) is 4.53. The van der Waals surface area contributed by atoms with Crippen LogP contribution in [-0.2, 0) is 11.3 Å². The number of methoxy groups -OCH3 is 1. The summed E-state index contributed by atoms with van der Waals surface area (Å²) < 4.78 is 10.8. The predicted octanol–water partition coefficient (Wildman–Crippen LogP) is 2.30. The van der Waals surface area contributed by atoms with Gasteiger partial charge in [-0.2, -0.15) is 0 Å². The summed E-state index contributed by atoms with van der Waals surface area (Å²) in [6, 6.07) is 3.58. The summed E-state index contributed by atoms with van der Waals surface area (Å²) >= 11 is 0. The van der Waals surface area contributed by atoms with Gasteiger partial charge in [0, 0.05) is 38.1 Å². The SMILES string of the molecule is COCCCCOc1cc2c(cc1CO)C(=O)N1CCC[C@H]1C=N2. The van der Waals surface area contributed by atoms with Crippen molar-refractivity contribution in [3.8, 4) is 5.75 Å². The molecule has 130 valence electrons. The molecule has 0 unspecified atom stereocenters. The molecule has 1 aromatic rings. The number of nitrogens with zero attached hydrogens (tertiary/aromatic N) is 2. The Morgan fingerprint density at radius 3 is 2.96 bits per heavy atom. The largest absolute Gasteiger partial charge is 0.493 e. The molecule has 2 aliphatic rings. The average Bonchev–Trinajstić information content (AvgIpc) is 3.03. The van der Waals surface area contributed by atoms with Crippen molar-refractivity contribution in [2.45, 2.75) is 38.3 Å². The topological polar surface area (TPSA) is 71.4 Å². The first-order valence-corrected chi connectivity index (χ1v) is 8.49. The van der Waals surface area contributed by atoms with Gasteiger partial charge in [-0.15, -0.1) is 0 Å². The van der Waals surface area contributed by atoms with E-state index in [1.165, 1.54) is 0 Å². The maximum absolute atomic E-state index is 12.7. The van der Waals surface area contributed by atoms with Crippen LogP contribution in [0.2, 0.25) is 0 Å².